The Balaban J connectivity index is 2.79. The van der Waals surface area contributed by atoms with Crippen LogP contribution in [-0.2, 0) is 20.7 Å². The molecule has 0 saturated heterocycles. The Kier molecular flexibility index (Phi) is 9.43. The topological polar surface area (TPSA) is 65.1 Å². The highest BCUT2D eigenvalue weighted by Crippen LogP contribution is 2.29. The molecule has 140 valence electrons. The minimum atomic E-state index is -0.267. The number of amides is 1. The van der Waals surface area contributed by atoms with Crippen LogP contribution in [-0.4, -0.2) is 50.2 Å². The van der Waals surface area contributed by atoms with Crippen molar-refractivity contribution in [2.75, 3.05) is 33.4 Å². The quantitative estimate of drug-likeness (QED) is 0.574. The Morgan fingerprint density at radius 1 is 1.00 bits per heavy atom. The zero-order valence-corrected chi connectivity index (χ0v) is 15.7. The first-order valence-electron chi connectivity index (χ1n) is 8.79. The fraction of sp³-hybridized carbons (Fsp3) is 0.579. The Bertz CT molecular complexity index is 559. The van der Waals surface area contributed by atoms with Crippen LogP contribution in [0.4, 0.5) is 0 Å². The van der Waals surface area contributed by atoms with Crippen molar-refractivity contribution in [3.63, 3.8) is 0 Å². The Hall–Kier alpha value is -2.24. The summed E-state index contributed by atoms with van der Waals surface area (Å²) in [5.74, 6) is 0.666. The SMILES string of the molecule is CCCOC(=O)Cc1ccc(OCC(=O)N(C)CC)c(OCCC)c1. The maximum Gasteiger partial charge on any atom is 0.310 e. The van der Waals surface area contributed by atoms with Gasteiger partial charge in [0, 0.05) is 13.6 Å². The highest BCUT2D eigenvalue weighted by atomic mass is 16.5. The van der Waals surface area contributed by atoms with E-state index in [2.05, 4.69) is 0 Å². The molecule has 0 radical (unpaired) electrons. The van der Waals surface area contributed by atoms with Gasteiger partial charge in [0.05, 0.1) is 19.6 Å². The van der Waals surface area contributed by atoms with Gasteiger partial charge in [0.1, 0.15) is 0 Å². The summed E-state index contributed by atoms with van der Waals surface area (Å²) < 4.78 is 16.4. The summed E-state index contributed by atoms with van der Waals surface area (Å²) in [6.45, 7) is 7.39. The van der Waals surface area contributed by atoms with Crippen LogP contribution >= 0.6 is 0 Å². The molecule has 0 aromatic heterocycles. The predicted octanol–water partition coefficient (Wildman–Crippen LogP) is 2.83. The molecule has 1 aromatic carbocycles. The van der Waals surface area contributed by atoms with Gasteiger partial charge >= 0.3 is 5.97 Å². The first kappa shape index (κ1) is 20.8. The molecular formula is C19H29NO5. The fourth-order valence-electron chi connectivity index (χ4n) is 1.97. The van der Waals surface area contributed by atoms with E-state index in [0.717, 1.165) is 18.4 Å². The van der Waals surface area contributed by atoms with E-state index in [4.69, 9.17) is 14.2 Å². The van der Waals surface area contributed by atoms with Gasteiger partial charge in [0.15, 0.2) is 18.1 Å². The lowest BCUT2D eigenvalue weighted by Gasteiger charge is -2.17. The highest BCUT2D eigenvalue weighted by molar-refractivity contribution is 5.77. The summed E-state index contributed by atoms with van der Waals surface area (Å²) >= 11 is 0. The molecule has 6 heteroatoms. The Morgan fingerprint density at radius 2 is 1.72 bits per heavy atom. The van der Waals surface area contributed by atoms with Crippen LogP contribution in [0.5, 0.6) is 11.5 Å². The fourth-order valence-corrected chi connectivity index (χ4v) is 1.97. The number of nitrogens with zero attached hydrogens (tertiary/aromatic N) is 1. The summed E-state index contributed by atoms with van der Waals surface area (Å²) in [5.41, 5.74) is 0.788. The monoisotopic (exact) mass is 351 g/mol. The van der Waals surface area contributed by atoms with Crippen LogP contribution in [0.15, 0.2) is 18.2 Å². The Labute approximate surface area is 150 Å². The normalized spacial score (nSPS) is 10.2. The van der Waals surface area contributed by atoms with Crippen LogP contribution in [0.1, 0.15) is 39.2 Å². The van der Waals surface area contributed by atoms with Crippen molar-refractivity contribution in [2.24, 2.45) is 0 Å². The second-order valence-electron chi connectivity index (χ2n) is 5.72. The summed E-state index contributed by atoms with van der Waals surface area (Å²) in [6, 6.07) is 5.29. The van der Waals surface area contributed by atoms with E-state index >= 15 is 0 Å². The number of carbonyl (C=O) groups excluding carboxylic acids is 2. The number of hydrogen-bond donors (Lipinski definition) is 0. The van der Waals surface area contributed by atoms with Crippen LogP contribution in [0.2, 0.25) is 0 Å². The number of likely N-dealkylation sites (N-methyl/N-ethyl adjacent to an activating group) is 1. The van der Waals surface area contributed by atoms with Crippen LogP contribution in [0.25, 0.3) is 0 Å². The van der Waals surface area contributed by atoms with Gasteiger partial charge in [-0.1, -0.05) is 19.9 Å². The number of benzene rings is 1. The third-order valence-corrected chi connectivity index (χ3v) is 3.54. The van der Waals surface area contributed by atoms with E-state index < -0.39 is 0 Å². The molecule has 0 spiro atoms. The molecule has 0 aliphatic rings. The number of rotatable bonds is 11. The lowest BCUT2D eigenvalue weighted by Crippen LogP contribution is -2.31. The van der Waals surface area contributed by atoms with Crippen molar-refractivity contribution in [3.8, 4) is 11.5 Å². The smallest absolute Gasteiger partial charge is 0.310 e. The summed E-state index contributed by atoms with van der Waals surface area (Å²) in [6.07, 6.45) is 1.82. The lowest BCUT2D eigenvalue weighted by molar-refractivity contribution is -0.142. The lowest BCUT2D eigenvalue weighted by atomic mass is 10.1. The second kappa shape index (κ2) is 11.3. The molecule has 1 aromatic rings. The summed E-state index contributed by atoms with van der Waals surface area (Å²) in [4.78, 5) is 25.2. The molecule has 6 nitrogen and oxygen atoms in total. The molecule has 0 heterocycles. The van der Waals surface area contributed by atoms with Crippen molar-refractivity contribution in [2.45, 2.75) is 40.0 Å². The van der Waals surface area contributed by atoms with Gasteiger partial charge in [-0.3, -0.25) is 9.59 Å². The molecule has 0 atom stereocenters. The maximum atomic E-state index is 11.9. The van der Waals surface area contributed by atoms with Gasteiger partial charge in [-0.15, -0.1) is 0 Å². The van der Waals surface area contributed by atoms with E-state index in [1.165, 1.54) is 0 Å². The maximum absolute atomic E-state index is 11.9. The molecule has 1 amide bonds. The van der Waals surface area contributed by atoms with E-state index in [-0.39, 0.29) is 24.9 Å². The third kappa shape index (κ3) is 7.45. The van der Waals surface area contributed by atoms with Crippen LogP contribution < -0.4 is 9.47 Å². The van der Waals surface area contributed by atoms with Crippen molar-refractivity contribution in [3.05, 3.63) is 23.8 Å². The minimum Gasteiger partial charge on any atom is -0.490 e. The van der Waals surface area contributed by atoms with Gasteiger partial charge in [0.25, 0.3) is 5.91 Å². The predicted molar refractivity (Wildman–Crippen MR) is 96.0 cm³/mol. The number of carbonyl (C=O) groups is 2. The summed E-state index contributed by atoms with van der Waals surface area (Å²) in [5, 5.41) is 0. The molecule has 0 N–H and O–H groups in total. The molecule has 0 aliphatic carbocycles. The van der Waals surface area contributed by atoms with Gasteiger partial charge < -0.3 is 19.1 Å². The molecule has 0 aliphatic heterocycles. The third-order valence-electron chi connectivity index (χ3n) is 3.54. The van der Waals surface area contributed by atoms with E-state index in [0.29, 0.717) is 31.3 Å². The molecule has 1 rings (SSSR count). The zero-order chi connectivity index (χ0) is 18.7. The average molecular weight is 351 g/mol. The first-order chi connectivity index (χ1) is 12.0. The molecule has 0 fully saturated rings. The average Bonchev–Trinajstić information content (AvgIpc) is 2.62. The number of hydrogen-bond acceptors (Lipinski definition) is 5. The molecular weight excluding hydrogens is 322 g/mol. The van der Waals surface area contributed by atoms with Gasteiger partial charge in [0.2, 0.25) is 0 Å². The molecule has 0 bridgehead atoms. The van der Waals surface area contributed by atoms with Crippen LogP contribution in [0, 0.1) is 0 Å². The van der Waals surface area contributed by atoms with Crippen molar-refractivity contribution >= 4 is 11.9 Å². The number of ether oxygens (including phenoxy) is 3. The van der Waals surface area contributed by atoms with Gasteiger partial charge in [-0.05, 0) is 37.5 Å². The Morgan fingerprint density at radius 3 is 2.36 bits per heavy atom. The van der Waals surface area contributed by atoms with E-state index in [1.54, 1.807) is 30.1 Å². The van der Waals surface area contributed by atoms with Crippen molar-refractivity contribution < 1.29 is 23.8 Å². The van der Waals surface area contributed by atoms with Gasteiger partial charge in [-0.25, -0.2) is 0 Å². The van der Waals surface area contributed by atoms with Crippen LogP contribution in [0.3, 0.4) is 0 Å². The molecule has 0 unspecified atom stereocenters. The van der Waals surface area contributed by atoms with Gasteiger partial charge in [-0.2, -0.15) is 0 Å². The molecule has 25 heavy (non-hydrogen) atoms. The zero-order valence-electron chi connectivity index (χ0n) is 15.7. The van der Waals surface area contributed by atoms with Crippen molar-refractivity contribution in [1.82, 2.24) is 4.90 Å². The number of esters is 1. The largest absolute Gasteiger partial charge is 0.490 e. The van der Waals surface area contributed by atoms with Crippen molar-refractivity contribution in [1.29, 1.82) is 0 Å². The highest BCUT2D eigenvalue weighted by Gasteiger charge is 2.13. The summed E-state index contributed by atoms with van der Waals surface area (Å²) in [7, 11) is 1.73. The van der Waals surface area contributed by atoms with E-state index in [1.807, 2.05) is 20.8 Å². The second-order valence-corrected chi connectivity index (χ2v) is 5.72. The van der Waals surface area contributed by atoms with E-state index in [9.17, 15) is 9.59 Å². The molecule has 0 saturated carbocycles. The standard InChI is InChI=1S/C19H29NO5/c1-5-10-23-17-12-15(13-19(22)24-11-6-2)8-9-16(17)25-14-18(21)20(4)7-3/h8-9,12H,5-7,10-11,13-14H2,1-4H3. The minimum absolute atomic E-state index is 0.0509. The first-order valence-corrected chi connectivity index (χ1v) is 8.79.